The Labute approximate surface area is 183 Å². The normalized spacial score (nSPS) is 22.0. The molecule has 8 nitrogen and oxygen atoms in total. The van der Waals surface area contributed by atoms with Crippen molar-refractivity contribution in [1.82, 2.24) is 15.1 Å². The van der Waals surface area contributed by atoms with Crippen LogP contribution in [0.2, 0.25) is 0 Å². The van der Waals surface area contributed by atoms with Gasteiger partial charge in [0.2, 0.25) is 0 Å². The first kappa shape index (κ1) is 23.0. The second-order valence-corrected chi connectivity index (χ2v) is 9.35. The van der Waals surface area contributed by atoms with Gasteiger partial charge in [0.15, 0.2) is 21.6 Å². The van der Waals surface area contributed by atoms with E-state index in [2.05, 4.69) is 17.1 Å². The van der Waals surface area contributed by atoms with Gasteiger partial charge in [0.1, 0.15) is 0 Å². The van der Waals surface area contributed by atoms with Crippen LogP contribution in [0.3, 0.4) is 0 Å². The van der Waals surface area contributed by atoms with Gasteiger partial charge in [0, 0.05) is 39.3 Å². The average Bonchev–Trinajstić information content (AvgIpc) is 3.31. The lowest BCUT2D eigenvalue weighted by molar-refractivity contribution is 0.0657. The second-order valence-electron chi connectivity index (χ2n) is 7.12. The minimum Gasteiger partial charge on any atom is -0.459 e. The maximum Gasteiger partial charge on any atom is 0.289 e. The molecule has 10 heteroatoms. The van der Waals surface area contributed by atoms with Crippen LogP contribution in [0, 0.1) is 5.92 Å². The van der Waals surface area contributed by atoms with E-state index in [4.69, 9.17) is 9.41 Å². The average molecular weight is 524 g/mol. The van der Waals surface area contributed by atoms with E-state index in [1.165, 1.54) is 6.26 Å². The highest BCUT2D eigenvalue weighted by molar-refractivity contribution is 14.0. The van der Waals surface area contributed by atoms with E-state index in [1.54, 1.807) is 17.0 Å². The lowest BCUT2D eigenvalue weighted by Crippen LogP contribution is -2.54. The Morgan fingerprint density at radius 3 is 2.57 bits per heavy atom. The fourth-order valence-electron chi connectivity index (χ4n) is 3.41. The van der Waals surface area contributed by atoms with Crippen molar-refractivity contribution in [3.8, 4) is 0 Å². The third-order valence-corrected chi connectivity index (χ3v) is 6.79. The zero-order chi connectivity index (χ0) is 19.3. The molecular formula is C18H29IN4O4S. The number of sulfone groups is 1. The first-order valence-corrected chi connectivity index (χ1v) is 11.4. The maximum atomic E-state index is 12.4. The summed E-state index contributed by atoms with van der Waals surface area (Å²) in [6, 6.07) is 3.40. The smallest absolute Gasteiger partial charge is 0.289 e. The van der Waals surface area contributed by atoms with Crippen LogP contribution in [0.1, 0.15) is 30.3 Å². The van der Waals surface area contributed by atoms with E-state index in [0.717, 1.165) is 18.9 Å². The van der Waals surface area contributed by atoms with Gasteiger partial charge in [-0.3, -0.25) is 9.79 Å². The molecule has 158 valence electrons. The van der Waals surface area contributed by atoms with Crippen molar-refractivity contribution in [3.63, 3.8) is 0 Å². The van der Waals surface area contributed by atoms with Crippen LogP contribution in [0.15, 0.2) is 27.8 Å². The number of hydrogen-bond acceptors (Lipinski definition) is 5. The largest absolute Gasteiger partial charge is 0.459 e. The molecule has 2 aliphatic heterocycles. The number of piperazine rings is 1. The predicted octanol–water partition coefficient (Wildman–Crippen LogP) is 1.45. The van der Waals surface area contributed by atoms with Gasteiger partial charge in [-0.15, -0.1) is 24.0 Å². The van der Waals surface area contributed by atoms with Crippen molar-refractivity contribution in [2.45, 2.75) is 19.8 Å². The van der Waals surface area contributed by atoms with Crippen LogP contribution in [-0.4, -0.2) is 80.9 Å². The molecule has 2 saturated heterocycles. The highest BCUT2D eigenvalue weighted by atomic mass is 127. The molecule has 1 N–H and O–H groups in total. The number of carbonyl (C=O) groups is 1. The van der Waals surface area contributed by atoms with Crippen molar-refractivity contribution in [1.29, 1.82) is 0 Å². The quantitative estimate of drug-likeness (QED) is 0.356. The van der Waals surface area contributed by atoms with Gasteiger partial charge < -0.3 is 19.5 Å². The fourth-order valence-corrected chi connectivity index (χ4v) is 5.26. The summed E-state index contributed by atoms with van der Waals surface area (Å²) in [4.78, 5) is 21.0. The van der Waals surface area contributed by atoms with E-state index in [9.17, 15) is 13.2 Å². The molecule has 0 bridgehead atoms. The third-order valence-electron chi connectivity index (χ3n) is 4.96. The Morgan fingerprint density at radius 2 is 2.00 bits per heavy atom. The topological polar surface area (TPSA) is 95.2 Å². The first-order chi connectivity index (χ1) is 13.0. The Morgan fingerprint density at radius 1 is 1.29 bits per heavy atom. The minimum absolute atomic E-state index is 0. The number of halogens is 1. The van der Waals surface area contributed by atoms with Gasteiger partial charge >= 0.3 is 0 Å². The van der Waals surface area contributed by atoms with Gasteiger partial charge in [-0.2, -0.15) is 0 Å². The summed E-state index contributed by atoms with van der Waals surface area (Å²) < 4.78 is 28.5. The van der Waals surface area contributed by atoms with E-state index >= 15 is 0 Å². The number of nitrogens with zero attached hydrogens (tertiary/aromatic N) is 3. The number of guanidine groups is 1. The van der Waals surface area contributed by atoms with Crippen molar-refractivity contribution in [3.05, 3.63) is 24.2 Å². The molecule has 0 radical (unpaired) electrons. The van der Waals surface area contributed by atoms with Crippen molar-refractivity contribution in [2.24, 2.45) is 10.9 Å². The second kappa shape index (κ2) is 10.5. The molecular weight excluding hydrogens is 495 g/mol. The van der Waals surface area contributed by atoms with E-state index in [0.29, 0.717) is 44.9 Å². The molecule has 1 amide bonds. The van der Waals surface area contributed by atoms with Gasteiger partial charge in [0.05, 0.1) is 17.8 Å². The summed E-state index contributed by atoms with van der Waals surface area (Å²) in [6.07, 6.45) is 3.18. The molecule has 1 unspecified atom stereocenters. The molecule has 0 spiro atoms. The standard InChI is InChI=1S/C18H28N4O4S.HI/c1-2-6-19-18(20-13-15-5-12-27(24,25)14-15)22-9-7-21(8-10-22)17(23)16-4-3-11-26-16;/h3-4,11,15H,2,5-10,12-14H2,1H3,(H,19,20);1H. The minimum atomic E-state index is -2.88. The van der Waals surface area contributed by atoms with Crippen molar-refractivity contribution >= 4 is 45.7 Å². The van der Waals surface area contributed by atoms with Crippen LogP contribution >= 0.6 is 24.0 Å². The molecule has 0 saturated carbocycles. The number of carbonyl (C=O) groups excluding carboxylic acids is 1. The fraction of sp³-hybridized carbons (Fsp3) is 0.667. The number of aliphatic imine (C=N–C) groups is 1. The van der Waals surface area contributed by atoms with Crippen molar-refractivity contribution < 1.29 is 17.6 Å². The lowest BCUT2D eigenvalue weighted by atomic mass is 10.1. The van der Waals surface area contributed by atoms with Gasteiger partial charge in [-0.25, -0.2) is 8.42 Å². The van der Waals surface area contributed by atoms with Gasteiger partial charge in [-0.05, 0) is 30.9 Å². The SMILES string of the molecule is CCCNC(=NCC1CCS(=O)(=O)C1)N1CCN(C(=O)c2ccco2)CC1.I. The van der Waals surface area contributed by atoms with E-state index in [1.807, 2.05) is 0 Å². The summed E-state index contributed by atoms with van der Waals surface area (Å²) in [5, 5.41) is 3.36. The number of amides is 1. The molecule has 0 aromatic carbocycles. The van der Waals surface area contributed by atoms with E-state index < -0.39 is 9.84 Å². The number of rotatable bonds is 5. The Hall–Kier alpha value is -1.30. The summed E-state index contributed by atoms with van der Waals surface area (Å²) in [5.41, 5.74) is 0. The molecule has 1 aromatic rings. The third kappa shape index (κ3) is 6.10. The van der Waals surface area contributed by atoms with Crippen LogP contribution in [0.4, 0.5) is 0 Å². The maximum absolute atomic E-state index is 12.4. The highest BCUT2D eigenvalue weighted by Gasteiger charge is 2.29. The number of furan rings is 1. The Bertz CT molecular complexity index is 759. The number of nitrogens with one attached hydrogen (secondary N) is 1. The molecule has 2 aliphatic rings. The monoisotopic (exact) mass is 524 g/mol. The summed E-state index contributed by atoms with van der Waals surface area (Å²) in [7, 11) is -2.88. The number of hydrogen-bond donors (Lipinski definition) is 1. The molecule has 3 rings (SSSR count). The Kier molecular flexibility index (Phi) is 8.59. The van der Waals surface area contributed by atoms with Crippen LogP contribution in [0.25, 0.3) is 0 Å². The van der Waals surface area contributed by atoms with Crippen molar-refractivity contribution in [2.75, 3.05) is 50.8 Å². The summed E-state index contributed by atoms with van der Waals surface area (Å²) in [5.74, 6) is 1.71. The molecule has 1 atom stereocenters. The first-order valence-electron chi connectivity index (χ1n) is 9.55. The summed E-state index contributed by atoms with van der Waals surface area (Å²) >= 11 is 0. The van der Waals surface area contributed by atoms with Crippen LogP contribution < -0.4 is 5.32 Å². The predicted molar refractivity (Wildman–Crippen MR) is 119 cm³/mol. The zero-order valence-corrected chi connectivity index (χ0v) is 19.3. The Balaban J connectivity index is 0.00000280. The van der Waals surface area contributed by atoms with Crippen LogP contribution in [0.5, 0.6) is 0 Å². The zero-order valence-electron chi connectivity index (χ0n) is 16.2. The van der Waals surface area contributed by atoms with E-state index in [-0.39, 0.29) is 47.3 Å². The molecule has 3 heterocycles. The molecule has 1 aromatic heterocycles. The molecule has 2 fully saturated rings. The highest BCUT2D eigenvalue weighted by Crippen LogP contribution is 2.18. The molecule has 0 aliphatic carbocycles. The lowest BCUT2D eigenvalue weighted by Gasteiger charge is -2.36. The van der Waals surface area contributed by atoms with Gasteiger partial charge in [0.25, 0.3) is 5.91 Å². The molecule has 28 heavy (non-hydrogen) atoms. The summed E-state index contributed by atoms with van der Waals surface area (Å²) in [6.45, 7) is 6.00. The van der Waals surface area contributed by atoms with Gasteiger partial charge in [-0.1, -0.05) is 6.92 Å². The van der Waals surface area contributed by atoms with Crippen LogP contribution in [-0.2, 0) is 9.84 Å².